The predicted molar refractivity (Wildman–Crippen MR) is 106 cm³/mol. The Balaban J connectivity index is 1.93. The Labute approximate surface area is 158 Å². The molecule has 0 saturated heterocycles. The molecule has 0 atom stereocenters. The Morgan fingerprint density at radius 3 is 2.67 bits per heavy atom. The molecule has 6 heteroatoms. The van der Waals surface area contributed by atoms with Gasteiger partial charge in [0.2, 0.25) is 5.82 Å². The number of carbonyl (C=O) groups is 2. The summed E-state index contributed by atoms with van der Waals surface area (Å²) in [5, 5.41) is 5.77. The molecule has 2 amide bonds. The average molecular weight is 364 g/mol. The summed E-state index contributed by atoms with van der Waals surface area (Å²) in [6, 6.07) is 11.2. The number of hydrogen-bond donors (Lipinski definition) is 2. The quantitative estimate of drug-likeness (QED) is 0.654. The van der Waals surface area contributed by atoms with E-state index in [9.17, 15) is 9.59 Å². The summed E-state index contributed by atoms with van der Waals surface area (Å²) >= 11 is 0. The molecule has 27 heavy (non-hydrogen) atoms. The average Bonchev–Trinajstić information content (AvgIpc) is 3.05. The van der Waals surface area contributed by atoms with Crippen LogP contribution in [0.3, 0.4) is 0 Å². The number of aromatic nitrogens is 2. The number of benzene rings is 1. The van der Waals surface area contributed by atoms with E-state index in [1.165, 1.54) is 0 Å². The van der Waals surface area contributed by atoms with Crippen molar-refractivity contribution in [2.75, 3.05) is 11.9 Å². The first-order valence-corrected chi connectivity index (χ1v) is 9.15. The van der Waals surface area contributed by atoms with Crippen LogP contribution >= 0.6 is 0 Å². The van der Waals surface area contributed by atoms with Crippen LogP contribution in [-0.2, 0) is 0 Å². The van der Waals surface area contributed by atoms with Crippen LogP contribution in [-0.4, -0.2) is 27.7 Å². The van der Waals surface area contributed by atoms with Crippen LogP contribution in [0.2, 0.25) is 0 Å². The van der Waals surface area contributed by atoms with E-state index in [2.05, 4.69) is 22.5 Å². The minimum absolute atomic E-state index is 0.187. The van der Waals surface area contributed by atoms with Crippen LogP contribution in [0.4, 0.5) is 5.69 Å². The maximum absolute atomic E-state index is 12.9. The zero-order valence-electron chi connectivity index (χ0n) is 15.9. The normalized spacial score (nSPS) is 10.8. The second-order valence-electron chi connectivity index (χ2n) is 6.55. The first-order chi connectivity index (χ1) is 13.0. The fourth-order valence-electron chi connectivity index (χ4n) is 2.89. The molecule has 1 aromatic carbocycles. The van der Waals surface area contributed by atoms with Crippen LogP contribution in [0.25, 0.3) is 5.52 Å². The van der Waals surface area contributed by atoms with Gasteiger partial charge in [0.15, 0.2) is 5.69 Å². The van der Waals surface area contributed by atoms with Gasteiger partial charge in [0.05, 0.1) is 5.52 Å². The van der Waals surface area contributed by atoms with E-state index in [1.807, 2.05) is 44.2 Å². The van der Waals surface area contributed by atoms with Gasteiger partial charge in [-0.15, -0.1) is 0 Å². The Morgan fingerprint density at radius 1 is 1.07 bits per heavy atom. The van der Waals surface area contributed by atoms with Crippen molar-refractivity contribution in [2.24, 2.45) is 0 Å². The van der Waals surface area contributed by atoms with E-state index in [-0.39, 0.29) is 23.3 Å². The molecule has 6 nitrogen and oxygen atoms in total. The number of nitrogens with zero attached hydrogens (tertiary/aromatic N) is 2. The monoisotopic (exact) mass is 364 g/mol. The van der Waals surface area contributed by atoms with Gasteiger partial charge in [-0.1, -0.05) is 31.5 Å². The van der Waals surface area contributed by atoms with E-state index in [0.29, 0.717) is 12.1 Å². The fraction of sp³-hybridized carbons (Fsp3) is 0.286. The van der Waals surface area contributed by atoms with Crippen molar-refractivity contribution in [2.45, 2.75) is 33.6 Å². The van der Waals surface area contributed by atoms with Crippen molar-refractivity contribution < 1.29 is 9.59 Å². The Hall–Kier alpha value is -3.15. The summed E-state index contributed by atoms with van der Waals surface area (Å²) < 4.78 is 1.65. The third-order valence-electron chi connectivity index (χ3n) is 4.64. The molecule has 0 fully saturated rings. The lowest BCUT2D eigenvalue weighted by Gasteiger charge is -2.09. The summed E-state index contributed by atoms with van der Waals surface area (Å²) in [6.07, 6.45) is 3.63. The lowest BCUT2D eigenvalue weighted by molar-refractivity contribution is 0.0950. The van der Waals surface area contributed by atoms with Crippen LogP contribution in [0.1, 0.15) is 52.0 Å². The topological polar surface area (TPSA) is 75.5 Å². The third-order valence-corrected chi connectivity index (χ3v) is 4.64. The van der Waals surface area contributed by atoms with Gasteiger partial charge in [-0.05, 0) is 49.6 Å². The summed E-state index contributed by atoms with van der Waals surface area (Å²) in [4.78, 5) is 29.7. The molecule has 0 radical (unpaired) electrons. The van der Waals surface area contributed by atoms with Crippen molar-refractivity contribution in [3.63, 3.8) is 0 Å². The van der Waals surface area contributed by atoms with Gasteiger partial charge in [0.25, 0.3) is 11.8 Å². The van der Waals surface area contributed by atoms with E-state index in [4.69, 9.17) is 0 Å². The summed E-state index contributed by atoms with van der Waals surface area (Å²) in [5.41, 5.74) is 3.71. The summed E-state index contributed by atoms with van der Waals surface area (Å²) in [5.74, 6) is -0.428. The first kappa shape index (κ1) is 18.6. The number of amides is 2. The maximum Gasteiger partial charge on any atom is 0.292 e. The van der Waals surface area contributed by atoms with Crippen LogP contribution in [0.5, 0.6) is 0 Å². The Kier molecular flexibility index (Phi) is 5.54. The van der Waals surface area contributed by atoms with E-state index < -0.39 is 0 Å². The molecule has 2 aromatic heterocycles. The largest absolute Gasteiger partial charge is 0.351 e. The van der Waals surface area contributed by atoms with Crippen molar-refractivity contribution in [3.05, 3.63) is 65.2 Å². The van der Waals surface area contributed by atoms with Crippen LogP contribution in [0, 0.1) is 13.8 Å². The lowest BCUT2D eigenvalue weighted by Crippen LogP contribution is -2.25. The number of anilines is 1. The molecule has 3 rings (SSSR count). The third kappa shape index (κ3) is 3.84. The molecular formula is C21H24N4O2. The first-order valence-electron chi connectivity index (χ1n) is 9.15. The fourth-order valence-corrected chi connectivity index (χ4v) is 2.89. The number of unbranched alkanes of at least 4 members (excludes halogenated alkanes) is 1. The second-order valence-corrected chi connectivity index (χ2v) is 6.55. The van der Waals surface area contributed by atoms with Crippen molar-refractivity contribution in [1.29, 1.82) is 0 Å². The standard InChI is InChI=1S/C21H24N4O2/c1-4-5-12-22-20(26)18-17-11-6-7-13-25(17)19(24-18)21(27)23-16-10-8-9-14(2)15(16)3/h6-11,13H,4-5,12H2,1-3H3,(H,22,26)(H,23,27). The smallest absolute Gasteiger partial charge is 0.292 e. The number of hydrogen-bond acceptors (Lipinski definition) is 3. The van der Waals surface area contributed by atoms with Gasteiger partial charge < -0.3 is 10.6 Å². The highest BCUT2D eigenvalue weighted by atomic mass is 16.2. The predicted octanol–water partition coefficient (Wildman–Crippen LogP) is 3.73. The zero-order chi connectivity index (χ0) is 19.4. The number of pyridine rings is 1. The molecule has 0 bridgehead atoms. The lowest BCUT2D eigenvalue weighted by atomic mass is 10.1. The minimum Gasteiger partial charge on any atom is -0.351 e. The molecule has 2 N–H and O–H groups in total. The van der Waals surface area contributed by atoms with E-state index >= 15 is 0 Å². The van der Waals surface area contributed by atoms with Gasteiger partial charge in [0.1, 0.15) is 0 Å². The van der Waals surface area contributed by atoms with Gasteiger partial charge >= 0.3 is 0 Å². The molecule has 3 aromatic rings. The molecular weight excluding hydrogens is 340 g/mol. The maximum atomic E-state index is 12.9. The van der Waals surface area contributed by atoms with Crippen LogP contribution < -0.4 is 10.6 Å². The van der Waals surface area contributed by atoms with Crippen LogP contribution in [0.15, 0.2) is 42.6 Å². The molecule has 0 aliphatic carbocycles. The minimum atomic E-state index is -0.350. The van der Waals surface area contributed by atoms with E-state index in [1.54, 1.807) is 16.7 Å². The second kappa shape index (κ2) is 8.03. The van der Waals surface area contributed by atoms with Gasteiger partial charge in [0, 0.05) is 18.4 Å². The highest BCUT2D eigenvalue weighted by Gasteiger charge is 2.21. The van der Waals surface area contributed by atoms with Gasteiger partial charge in [-0.25, -0.2) is 4.98 Å². The SMILES string of the molecule is CCCCNC(=O)c1nc(C(=O)Nc2cccc(C)c2C)n2ccccc12. The van der Waals surface area contributed by atoms with Crippen molar-refractivity contribution >= 4 is 23.0 Å². The molecule has 0 aliphatic rings. The number of carbonyl (C=O) groups excluding carboxylic acids is 2. The summed E-state index contributed by atoms with van der Waals surface area (Å²) in [7, 11) is 0. The Bertz CT molecular complexity index is 991. The van der Waals surface area contributed by atoms with Crippen molar-refractivity contribution in [3.8, 4) is 0 Å². The molecule has 0 saturated carbocycles. The molecule has 2 heterocycles. The number of imidazole rings is 1. The molecule has 0 spiro atoms. The van der Waals surface area contributed by atoms with E-state index in [0.717, 1.165) is 29.7 Å². The molecule has 140 valence electrons. The number of rotatable bonds is 6. The van der Waals surface area contributed by atoms with Crippen molar-refractivity contribution in [1.82, 2.24) is 14.7 Å². The zero-order valence-corrected chi connectivity index (χ0v) is 15.9. The highest BCUT2D eigenvalue weighted by molar-refractivity contribution is 6.06. The van der Waals surface area contributed by atoms with Gasteiger partial charge in [-0.3, -0.25) is 14.0 Å². The number of nitrogens with one attached hydrogen (secondary N) is 2. The summed E-state index contributed by atoms with van der Waals surface area (Å²) in [6.45, 7) is 6.61. The molecule has 0 unspecified atom stereocenters. The molecule has 0 aliphatic heterocycles. The number of fused-ring (bicyclic) bond motifs is 1. The Morgan fingerprint density at radius 2 is 1.89 bits per heavy atom. The highest BCUT2D eigenvalue weighted by Crippen LogP contribution is 2.20. The number of aryl methyl sites for hydroxylation is 1. The van der Waals surface area contributed by atoms with Gasteiger partial charge in [-0.2, -0.15) is 0 Å².